The predicted octanol–water partition coefficient (Wildman–Crippen LogP) is 4.88. The molecule has 0 radical (unpaired) electrons. The Labute approximate surface area is 155 Å². The summed E-state index contributed by atoms with van der Waals surface area (Å²) in [6.45, 7) is 6.81. The first kappa shape index (κ1) is 17.3. The molecular formula is C22H27ClO2. The lowest BCUT2D eigenvalue weighted by Gasteiger charge is -2.52. The summed E-state index contributed by atoms with van der Waals surface area (Å²) < 4.78 is 0. The molecule has 0 bridgehead atoms. The van der Waals surface area contributed by atoms with Crippen molar-refractivity contribution < 1.29 is 9.59 Å². The molecule has 0 amide bonds. The zero-order valence-corrected chi connectivity index (χ0v) is 16.1. The van der Waals surface area contributed by atoms with Crippen molar-refractivity contribution in [3.63, 3.8) is 0 Å². The SMILES string of the molecule is C[C@@H]1CC2C3CCC4=CC(=O)C=C[C@]4(C)C3=CC[C@]2(C)C1C(=O)CCl. The molecule has 0 spiro atoms. The number of carbonyl (C=O) groups excluding carboxylic acids is 2. The summed E-state index contributed by atoms with van der Waals surface area (Å²) in [6.07, 6.45) is 12.3. The van der Waals surface area contributed by atoms with Gasteiger partial charge in [-0.2, -0.15) is 0 Å². The van der Waals surface area contributed by atoms with Gasteiger partial charge in [-0.15, -0.1) is 11.6 Å². The third kappa shape index (κ3) is 2.29. The van der Waals surface area contributed by atoms with E-state index in [0.717, 1.165) is 25.7 Å². The number of ketones is 2. The van der Waals surface area contributed by atoms with Crippen molar-refractivity contribution in [2.24, 2.45) is 34.5 Å². The van der Waals surface area contributed by atoms with Crippen LogP contribution in [-0.4, -0.2) is 17.4 Å². The topological polar surface area (TPSA) is 34.1 Å². The molecule has 4 aliphatic carbocycles. The molecule has 3 heteroatoms. The van der Waals surface area contributed by atoms with Gasteiger partial charge in [0.1, 0.15) is 0 Å². The van der Waals surface area contributed by atoms with Crippen molar-refractivity contribution in [1.29, 1.82) is 0 Å². The molecule has 4 rings (SSSR count). The summed E-state index contributed by atoms with van der Waals surface area (Å²) >= 11 is 5.94. The van der Waals surface area contributed by atoms with Crippen molar-refractivity contribution in [3.8, 4) is 0 Å². The molecule has 0 aromatic rings. The van der Waals surface area contributed by atoms with Crippen LogP contribution in [0.25, 0.3) is 0 Å². The van der Waals surface area contributed by atoms with Crippen molar-refractivity contribution in [2.45, 2.75) is 46.5 Å². The zero-order chi connectivity index (χ0) is 18.0. The Morgan fingerprint density at radius 3 is 2.84 bits per heavy atom. The Morgan fingerprint density at radius 2 is 2.12 bits per heavy atom. The van der Waals surface area contributed by atoms with Crippen LogP contribution in [0.2, 0.25) is 0 Å². The van der Waals surface area contributed by atoms with Gasteiger partial charge in [0.15, 0.2) is 11.6 Å². The second-order valence-corrected chi connectivity index (χ2v) is 9.29. The van der Waals surface area contributed by atoms with Gasteiger partial charge in [-0.1, -0.05) is 37.1 Å². The standard InChI is InChI=1S/C22H27ClO2/c1-13-10-18-16-5-4-14-11-15(24)6-8-21(14,2)17(16)7-9-22(18,3)20(13)19(25)12-23/h6-8,11,13,16,18,20H,4-5,9-10,12H2,1-3H3/t13-,16?,18?,20?,21+,22+/m1/s1. The van der Waals surface area contributed by atoms with Crippen molar-refractivity contribution in [3.05, 3.63) is 35.5 Å². The van der Waals surface area contributed by atoms with E-state index >= 15 is 0 Å². The Morgan fingerprint density at radius 1 is 1.36 bits per heavy atom. The van der Waals surface area contributed by atoms with Crippen LogP contribution >= 0.6 is 11.6 Å². The van der Waals surface area contributed by atoms with Gasteiger partial charge >= 0.3 is 0 Å². The van der Waals surface area contributed by atoms with E-state index in [1.807, 2.05) is 6.08 Å². The average molecular weight is 359 g/mol. The molecule has 134 valence electrons. The third-order valence-electron chi connectivity index (χ3n) is 7.77. The summed E-state index contributed by atoms with van der Waals surface area (Å²) in [5.74, 6) is 2.03. The van der Waals surface area contributed by atoms with Crippen LogP contribution in [0.5, 0.6) is 0 Å². The lowest BCUT2D eigenvalue weighted by molar-refractivity contribution is -0.125. The van der Waals surface area contributed by atoms with E-state index in [2.05, 4.69) is 32.9 Å². The van der Waals surface area contributed by atoms with Crippen LogP contribution in [0.4, 0.5) is 0 Å². The van der Waals surface area contributed by atoms with Gasteiger partial charge in [0.2, 0.25) is 0 Å². The van der Waals surface area contributed by atoms with E-state index in [4.69, 9.17) is 11.6 Å². The molecule has 4 aliphatic rings. The monoisotopic (exact) mass is 358 g/mol. The maximum absolute atomic E-state index is 12.6. The first-order chi connectivity index (χ1) is 11.8. The highest BCUT2D eigenvalue weighted by Gasteiger charge is 2.58. The molecule has 0 heterocycles. The molecule has 0 saturated heterocycles. The van der Waals surface area contributed by atoms with Crippen LogP contribution in [-0.2, 0) is 9.59 Å². The largest absolute Gasteiger partial charge is 0.298 e. The molecule has 2 fully saturated rings. The molecule has 2 saturated carbocycles. The Hall–Kier alpha value is -1.15. The number of Topliss-reactive ketones (excluding diaryl/α,β-unsaturated/α-hetero) is 1. The number of alkyl halides is 1. The molecule has 0 aromatic heterocycles. The molecule has 3 unspecified atom stereocenters. The molecule has 6 atom stereocenters. The summed E-state index contributed by atoms with van der Waals surface area (Å²) in [5, 5.41) is 0. The van der Waals surface area contributed by atoms with E-state index in [0.29, 0.717) is 17.8 Å². The van der Waals surface area contributed by atoms with Gasteiger partial charge in [0.25, 0.3) is 0 Å². The minimum atomic E-state index is -0.101. The van der Waals surface area contributed by atoms with Crippen molar-refractivity contribution in [1.82, 2.24) is 0 Å². The van der Waals surface area contributed by atoms with Gasteiger partial charge in [-0.05, 0) is 67.9 Å². The first-order valence-corrected chi connectivity index (χ1v) is 10.1. The smallest absolute Gasteiger partial charge is 0.178 e. The van der Waals surface area contributed by atoms with Gasteiger partial charge < -0.3 is 0 Å². The normalized spacial score (nSPS) is 45.2. The molecule has 0 aliphatic heterocycles. The second-order valence-electron chi connectivity index (χ2n) is 9.02. The van der Waals surface area contributed by atoms with Crippen LogP contribution in [0.15, 0.2) is 35.5 Å². The quantitative estimate of drug-likeness (QED) is 0.520. The van der Waals surface area contributed by atoms with E-state index in [9.17, 15) is 9.59 Å². The maximum atomic E-state index is 12.6. The van der Waals surface area contributed by atoms with Gasteiger partial charge in [-0.25, -0.2) is 0 Å². The molecule has 0 aromatic carbocycles. The van der Waals surface area contributed by atoms with Gasteiger partial charge in [0, 0.05) is 11.3 Å². The van der Waals surface area contributed by atoms with Crippen molar-refractivity contribution in [2.75, 3.05) is 5.88 Å². The number of hydrogen-bond donors (Lipinski definition) is 0. The highest BCUT2D eigenvalue weighted by molar-refractivity contribution is 6.28. The average Bonchev–Trinajstić information content (AvgIpc) is 2.85. The second kappa shape index (κ2) is 5.67. The van der Waals surface area contributed by atoms with E-state index < -0.39 is 0 Å². The van der Waals surface area contributed by atoms with Crippen molar-refractivity contribution >= 4 is 23.2 Å². The summed E-state index contributed by atoms with van der Waals surface area (Å²) in [5.41, 5.74) is 2.69. The van der Waals surface area contributed by atoms with Crippen LogP contribution < -0.4 is 0 Å². The Bertz CT molecular complexity index is 730. The Kier molecular flexibility index (Phi) is 3.92. The lowest BCUT2D eigenvalue weighted by Crippen LogP contribution is -2.45. The maximum Gasteiger partial charge on any atom is 0.178 e. The first-order valence-electron chi connectivity index (χ1n) is 9.54. The molecule has 0 N–H and O–H groups in total. The molecule has 2 nitrogen and oxygen atoms in total. The Balaban J connectivity index is 1.75. The van der Waals surface area contributed by atoms with E-state index in [-0.39, 0.29) is 34.2 Å². The van der Waals surface area contributed by atoms with E-state index in [1.54, 1.807) is 6.08 Å². The van der Waals surface area contributed by atoms with E-state index in [1.165, 1.54) is 11.1 Å². The summed E-state index contributed by atoms with van der Waals surface area (Å²) in [4.78, 5) is 24.4. The summed E-state index contributed by atoms with van der Waals surface area (Å²) in [7, 11) is 0. The van der Waals surface area contributed by atoms with Crippen LogP contribution in [0.1, 0.15) is 46.5 Å². The fourth-order valence-corrected chi connectivity index (χ4v) is 6.83. The molecule has 25 heavy (non-hydrogen) atoms. The van der Waals surface area contributed by atoms with Crippen LogP contribution in [0.3, 0.4) is 0 Å². The predicted molar refractivity (Wildman–Crippen MR) is 100 cm³/mol. The lowest BCUT2D eigenvalue weighted by atomic mass is 9.52. The number of halogens is 1. The van der Waals surface area contributed by atoms with Gasteiger partial charge in [0.05, 0.1) is 5.88 Å². The highest BCUT2D eigenvalue weighted by atomic mass is 35.5. The number of fused-ring (bicyclic) bond motifs is 5. The zero-order valence-electron chi connectivity index (χ0n) is 15.3. The van der Waals surface area contributed by atoms with Crippen LogP contribution in [0, 0.1) is 34.5 Å². The fraction of sp³-hybridized carbons (Fsp3) is 0.636. The minimum absolute atomic E-state index is 0.0331. The molecular weight excluding hydrogens is 332 g/mol. The number of rotatable bonds is 2. The number of carbonyl (C=O) groups is 2. The number of hydrogen-bond acceptors (Lipinski definition) is 2. The van der Waals surface area contributed by atoms with Gasteiger partial charge in [-0.3, -0.25) is 9.59 Å². The summed E-state index contributed by atoms with van der Waals surface area (Å²) in [6, 6.07) is 0. The minimum Gasteiger partial charge on any atom is -0.298 e. The number of allylic oxidation sites excluding steroid dienone is 6. The highest BCUT2D eigenvalue weighted by Crippen LogP contribution is 2.65. The third-order valence-corrected chi connectivity index (χ3v) is 8.03. The fourth-order valence-electron chi connectivity index (χ4n) is 6.66.